The highest BCUT2D eigenvalue weighted by Crippen LogP contribution is 2.28. The van der Waals surface area contributed by atoms with E-state index in [1.165, 1.54) is 4.90 Å². The Kier molecular flexibility index (Phi) is 13.0. The van der Waals surface area contributed by atoms with Crippen molar-refractivity contribution in [3.63, 3.8) is 0 Å². The van der Waals surface area contributed by atoms with E-state index < -0.39 is 42.0 Å². The monoisotopic (exact) mass is 554 g/mol. The lowest BCUT2D eigenvalue weighted by Crippen LogP contribution is -2.55. The Hall–Kier alpha value is -3.54. The quantitative estimate of drug-likeness (QED) is 0.247. The number of nitrogens with one attached hydrogen (secondary N) is 2. The van der Waals surface area contributed by atoms with Crippen molar-refractivity contribution in [3.8, 4) is 12.3 Å². The van der Waals surface area contributed by atoms with Gasteiger partial charge in [0.15, 0.2) is 0 Å². The number of amides is 4. The van der Waals surface area contributed by atoms with Crippen LogP contribution in [0.5, 0.6) is 0 Å². The number of hydrogen-bond donors (Lipinski definition) is 3. The number of hydrogen-bond acceptors (Lipinski definition) is 5. The van der Waals surface area contributed by atoms with Crippen LogP contribution in [0.1, 0.15) is 109 Å². The molecule has 0 aromatic heterocycles. The van der Waals surface area contributed by atoms with E-state index in [0.29, 0.717) is 17.5 Å². The molecule has 0 bridgehead atoms. The van der Waals surface area contributed by atoms with Crippen molar-refractivity contribution in [3.05, 3.63) is 35.4 Å². The summed E-state index contributed by atoms with van der Waals surface area (Å²) < 4.78 is 5.34. The summed E-state index contributed by atoms with van der Waals surface area (Å²) in [5.41, 5.74) is 5.66. The number of carbonyl (C=O) groups is 4. The first-order chi connectivity index (χ1) is 19.0. The molecule has 0 heterocycles. The van der Waals surface area contributed by atoms with E-state index in [9.17, 15) is 19.2 Å². The van der Waals surface area contributed by atoms with Gasteiger partial charge in [0, 0.05) is 18.2 Å². The Bertz CT molecular complexity index is 1050. The number of rotatable bonds is 13. The number of primary amides is 1. The molecule has 0 aliphatic heterocycles. The molecular weight excluding hydrogens is 508 g/mol. The van der Waals surface area contributed by atoms with E-state index in [4.69, 9.17) is 16.9 Å². The molecule has 2 atom stereocenters. The molecule has 4 amide bonds. The van der Waals surface area contributed by atoms with E-state index in [1.54, 1.807) is 45.0 Å². The summed E-state index contributed by atoms with van der Waals surface area (Å²) >= 11 is 0. The van der Waals surface area contributed by atoms with Crippen LogP contribution < -0.4 is 16.4 Å². The summed E-state index contributed by atoms with van der Waals surface area (Å²) in [7, 11) is 0. The van der Waals surface area contributed by atoms with Crippen molar-refractivity contribution in [1.29, 1.82) is 0 Å². The Balaban J connectivity index is 2.53. The molecular formula is C31H46N4O5. The van der Waals surface area contributed by atoms with E-state index in [-0.39, 0.29) is 18.5 Å². The van der Waals surface area contributed by atoms with Crippen LogP contribution in [0.15, 0.2) is 24.3 Å². The fourth-order valence-electron chi connectivity index (χ4n) is 4.97. The van der Waals surface area contributed by atoms with Crippen LogP contribution in [-0.2, 0) is 19.1 Å². The molecule has 9 nitrogen and oxygen atoms in total. The molecule has 0 spiro atoms. The average Bonchev–Trinajstić information content (AvgIpc) is 2.89. The number of alkyl carbamates (subject to hydrolysis) is 1. The number of nitrogens with two attached hydrogens (primary N) is 1. The van der Waals surface area contributed by atoms with Gasteiger partial charge in [-0.3, -0.25) is 14.4 Å². The van der Waals surface area contributed by atoms with Gasteiger partial charge in [0.1, 0.15) is 17.7 Å². The zero-order valence-corrected chi connectivity index (χ0v) is 24.5. The second-order valence-corrected chi connectivity index (χ2v) is 11.4. The zero-order valence-electron chi connectivity index (χ0n) is 24.5. The van der Waals surface area contributed by atoms with Crippen LogP contribution in [0, 0.1) is 12.3 Å². The molecule has 40 heavy (non-hydrogen) atoms. The van der Waals surface area contributed by atoms with Gasteiger partial charge in [-0.15, -0.1) is 6.42 Å². The summed E-state index contributed by atoms with van der Waals surface area (Å²) in [5, 5.41) is 5.67. The van der Waals surface area contributed by atoms with Crippen molar-refractivity contribution in [2.24, 2.45) is 5.73 Å². The van der Waals surface area contributed by atoms with Gasteiger partial charge in [-0.1, -0.05) is 69.6 Å². The molecule has 1 aromatic rings. The zero-order chi connectivity index (χ0) is 29.7. The summed E-state index contributed by atoms with van der Waals surface area (Å²) in [6.45, 7) is 7.39. The maximum Gasteiger partial charge on any atom is 0.408 e. The lowest BCUT2D eigenvalue weighted by Gasteiger charge is -2.36. The fraction of sp³-hybridized carbons (Fsp3) is 0.613. The third-order valence-corrected chi connectivity index (χ3v) is 6.85. The van der Waals surface area contributed by atoms with Gasteiger partial charge in [0.25, 0.3) is 0 Å². The molecule has 1 fully saturated rings. The van der Waals surface area contributed by atoms with Crippen LogP contribution in [0.2, 0.25) is 0 Å². The number of ether oxygens (including phenoxy) is 1. The van der Waals surface area contributed by atoms with Gasteiger partial charge in [0.2, 0.25) is 17.7 Å². The smallest absolute Gasteiger partial charge is 0.408 e. The molecule has 2 unspecified atom stereocenters. The van der Waals surface area contributed by atoms with Crippen LogP contribution in [-0.4, -0.2) is 52.9 Å². The molecule has 1 saturated carbocycles. The molecule has 2 rings (SSSR count). The summed E-state index contributed by atoms with van der Waals surface area (Å²) in [5.74, 6) is 0.932. The lowest BCUT2D eigenvalue weighted by atomic mass is 9.93. The summed E-state index contributed by atoms with van der Waals surface area (Å²) in [4.78, 5) is 54.2. The maximum absolute atomic E-state index is 14.2. The first-order valence-corrected chi connectivity index (χ1v) is 14.4. The number of carbonyl (C=O) groups excluding carboxylic acids is 4. The second-order valence-electron chi connectivity index (χ2n) is 11.4. The largest absolute Gasteiger partial charge is 0.444 e. The van der Waals surface area contributed by atoms with Crippen molar-refractivity contribution >= 4 is 23.8 Å². The summed E-state index contributed by atoms with van der Waals surface area (Å²) in [6.07, 6.45) is 12.8. The van der Waals surface area contributed by atoms with E-state index in [0.717, 1.165) is 51.4 Å². The van der Waals surface area contributed by atoms with E-state index in [1.807, 2.05) is 0 Å². The number of nitrogens with zero attached hydrogens (tertiary/aromatic N) is 1. The van der Waals surface area contributed by atoms with Crippen LogP contribution in [0.25, 0.3) is 0 Å². The number of benzene rings is 1. The van der Waals surface area contributed by atoms with Gasteiger partial charge >= 0.3 is 6.09 Å². The number of terminal acetylenes is 1. The minimum Gasteiger partial charge on any atom is -0.444 e. The highest BCUT2D eigenvalue weighted by atomic mass is 16.6. The molecule has 9 heteroatoms. The molecule has 220 valence electrons. The fourth-order valence-corrected chi connectivity index (χ4v) is 4.97. The Morgan fingerprint density at radius 3 is 2.38 bits per heavy atom. The first kappa shape index (κ1) is 32.7. The summed E-state index contributed by atoms with van der Waals surface area (Å²) in [6, 6.07) is 4.66. The highest BCUT2D eigenvalue weighted by molar-refractivity contribution is 5.94. The van der Waals surface area contributed by atoms with Gasteiger partial charge in [-0.2, -0.15) is 0 Å². The topological polar surface area (TPSA) is 131 Å². The van der Waals surface area contributed by atoms with Gasteiger partial charge in [0.05, 0.1) is 6.42 Å². The predicted molar refractivity (Wildman–Crippen MR) is 155 cm³/mol. The first-order valence-electron chi connectivity index (χ1n) is 14.4. The van der Waals surface area contributed by atoms with Crippen molar-refractivity contribution in [2.45, 2.75) is 116 Å². The third kappa shape index (κ3) is 10.6. The third-order valence-electron chi connectivity index (χ3n) is 6.85. The molecule has 1 aliphatic rings. The van der Waals surface area contributed by atoms with Gasteiger partial charge in [-0.25, -0.2) is 4.79 Å². The normalized spacial score (nSPS) is 15.3. The van der Waals surface area contributed by atoms with Crippen molar-refractivity contribution in [2.75, 3.05) is 6.54 Å². The molecule has 1 aromatic carbocycles. The van der Waals surface area contributed by atoms with Gasteiger partial charge in [-0.05, 0) is 51.7 Å². The van der Waals surface area contributed by atoms with Crippen molar-refractivity contribution in [1.82, 2.24) is 15.5 Å². The minimum atomic E-state index is -1.32. The Morgan fingerprint density at radius 2 is 1.77 bits per heavy atom. The molecule has 1 aliphatic carbocycles. The minimum absolute atomic E-state index is 0.0000892. The van der Waals surface area contributed by atoms with E-state index in [2.05, 4.69) is 23.5 Å². The Morgan fingerprint density at radius 1 is 1.10 bits per heavy atom. The predicted octanol–water partition coefficient (Wildman–Crippen LogP) is 4.34. The van der Waals surface area contributed by atoms with Crippen LogP contribution in [0.4, 0.5) is 4.79 Å². The Labute approximate surface area is 239 Å². The SMILES string of the molecule is C#Cc1ccccc1C(C(=O)NC1CCCCC1)N(CCCCCC)C(=O)C(CC(N)=O)NC(=O)OC(C)(C)C. The van der Waals surface area contributed by atoms with Gasteiger partial charge < -0.3 is 26.0 Å². The van der Waals surface area contributed by atoms with Crippen LogP contribution >= 0.6 is 0 Å². The van der Waals surface area contributed by atoms with Crippen molar-refractivity contribution < 1.29 is 23.9 Å². The highest BCUT2D eigenvalue weighted by Gasteiger charge is 2.38. The molecule has 0 radical (unpaired) electrons. The molecule has 0 saturated heterocycles. The van der Waals surface area contributed by atoms with E-state index >= 15 is 0 Å². The second kappa shape index (κ2) is 15.9. The lowest BCUT2D eigenvalue weighted by molar-refractivity contribution is -0.143. The maximum atomic E-state index is 14.2. The van der Waals surface area contributed by atoms with Crippen LogP contribution in [0.3, 0.4) is 0 Å². The molecule has 4 N–H and O–H groups in total. The number of unbranched alkanes of at least 4 members (excludes halogenated alkanes) is 3. The average molecular weight is 555 g/mol. The standard InChI is InChI=1S/C31H46N4O5/c1-6-8-9-15-20-35(29(38)25(21-26(32)36)34-30(39)40-31(3,4)5)27(24-19-14-13-16-22(24)7-2)28(37)33-23-17-11-10-12-18-23/h2,13-14,16,19,23,25,27H,6,8-12,15,17-18,20-21H2,1,3-5H3,(H2,32,36)(H,33,37)(H,34,39).